The van der Waals surface area contributed by atoms with Crippen LogP contribution >= 0.6 is 24.0 Å². The van der Waals surface area contributed by atoms with Crippen molar-refractivity contribution in [1.82, 2.24) is 30.4 Å². The van der Waals surface area contributed by atoms with Crippen molar-refractivity contribution in [2.45, 2.75) is 32.9 Å². The number of hydrogen-bond donors (Lipinski definition) is 2. The van der Waals surface area contributed by atoms with Crippen LogP contribution in [0.15, 0.2) is 58.5 Å². The molecule has 0 bridgehead atoms. The lowest BCUT2D eigenvalue weighted by Gasteiger charge is -2.13. The summed E-state index contributed by atoms with van der Waals surface area (Å²) in [5.41, 5.74) is 1.05. The number of nitrogens with one attached hydrogen (secondary N) is 2. The van der Waals surface area contributed by atoms with Gasteiger partial charge in [-0.2, -0.15) is 0 Å². The van der Waals surface area contributed by atoms with E-state index >= 15 is 0 Å². The van der Waals surface area contributed by atoms with Gasteiger partial charge in [-0.1, -0.05) is 13.0 Å². The van der Waals surface area contributed by atoms with Crippen LogP contribution in [0.3, 0.4) is 0 Å². The smallest absolute Gasteiger partial charge is 0.191 e. The molecule has 0 unspecified atom stereocenters. The minimum absolute atomic E-state index is 0. The molecule has 0 saturated carbocycles. The van der Waals surface area contributed by atoms with Crippen molar-refractivity contribution < 1.29 is 4.42 Å². The Labute approximate surface area is 181 Å². The summed E-state index contributed by atoms with van der Waals surface area (Å²) in [6.07, 6.45) is 6.92. The molecule has 0 aliphatic rings. The van der Waals surface area contributed by atoms with Crippen molar-refractivity contribution >= 4 is 29.9 Å². The Hall–Kier alpha value is -2.43. The largest absolute Gasteiger partial charge is 0.467 e. The fourth-order valence-corrected chi connectivity index (χ4v) is 2.62. The van der Waals surface area contributed by atoms with Crippen molar-refractivity contribution in [3.63, 3.8) is 0 Å². The fraction of sp³-hybridized carbons (Fsp3) is 0.368. The van der Waals surface area contributed by atoms with E-state index in [0.717, 1.165) is 55.7 Å². The number of aryl methyl sites for hydroxylation is 1. The summed E-state index contributed by atoms with van der Waals surface area (Å²) < 4.78 is 7.40. The Morgan fingerprint density at radius 2 is 2.07 bits per heavy atom. The van der Waals surface area contributed by atoms with Crippen LogP contribution in [0.2, 0.25) is 0 Å². The van der Waals surface area contributed by atoms with Gasteiger partial charge in [-0.25, -0.2) is 4.99 Å². The first-order valence-electron chi connectivity index (χ1n) is 9.16. The Morgan fingerprint density at radius 3 is 2.82 bits per heavy atom. The molecule has 0 aromatic carbocycles. The first-order chi connectivity index (χ1) is 13.3. The third-order valence-electron chi connectivity index (χ3n) is 4.03. The molecule has 3 aromatic rings. The molecule has 9 heteroatoms. The number of pyridine rings is 1. The highest BCUT2D eigenvalue weighted by molar-refractivity contribution is 14.0. The van der Waals surface area contributed by atoms with E-state index in [0.29, 0.717) is 6.54 Å². The van der Waals surface area contributed by atoms with Crippen LogP contribution < -0.4 is 10.6 Å². The molecule has 3 heterocycles. The fourth-order valence-electron chi connectivity index (χ4n) is 2.62. The monoisotopic (exact) mass is 495 g/mol. The lowest BCUT2D eigenvalue weighted by atomic mass is 10.3. The SMILES string of the molecule is CCc1nncn1CCNC(=NCc1ccco1)NCCc1ccccn1.I. The Balaban J connectivity index is 0.00000280. The molecule has 0 aliphatic carbocycles. The number of nitrogens with zero attached hydrogens (tertiary/aromatic N) is 5. The van der Waals surface area contributed by atoms with E-state index in [9.17, 15) is 0 Å². The molecule has 3 rings (SSSR count). The lowest BCUT2D eigenvalue weighted by molar-refractivity contribution is 0.511. The minimum Gasteiger partial charge on any atom is -0.467 e. The second-order valence-electron chi connectivity index (χ2n) is 5.96. The number of furan rings is 1. The second-order valence-corrected chi connectivity index (χ2v) is 5.96. The maximum Gasteiger partial charge on any atom is 0.191 e. The van der Waals surface area contributed by atoms with Gasteiger partial charge in [0, 0.05) is 44.4 Å². The van der Waals surface area contributed by atoms with Crippen LogP contribution in [-0.4, -0.2) is 38.8 Å². The molecule has 150 valence electrons. The number of aromatic nitrogens is 4. The van der Waals surface area contributed by atoms with Crippen LogP contribution in [0.25, 0.3) is 0 Å². The summed E-state index contributed by atoms with van der Waals surface area (Å²) in [6.45, 7) is 4.80. The lowest BCUT2D eigenvalue weighted by Crippen LogP contribution is -2.40. The maximum atomic E-state index is 5.36. The first kappa shape index (κ1) is 21.9. The highest BCUT2D eigenvalue weighted by Crippen LogP contribution is 2.01. The normalized spacial score (nSPS) is 11.1. The molecule has 28 heavy (non-hydrogen) atoms. The van der Waals surface area contributed by atoms with Crippen LogP contribution in [0, 0.1) is 0 Å². The third-order valence-corrected chi connectivity index (χ3v) is 4.03. The number of halogens is 1. The van der Waals surface area contributed by atoms with Gasteiger partial charge in [0.25, 0.3) is 0 Å². The summed E-state index contributed by atoms with van der Waals surface area (Å²) in [7, 11) is 0. The predicted molar refractivity (Wildman–Crippen MR) is 119 cm³/mol. The van der Waals surface area contributed by atoms with Crippen molar-refractivity contribution in [3.05, 3.63) is 66.4 Å². The van der Waals surface area contributed by atoms with Crippen LogP contribution in [0.1, 0.15) is 24.2 Å². The highest BCUT2D eigenvalue weighted by atomic mass is 127. The molecule has 0 radical (unpaired) electrons. The predicted octanol–water partition coefficient (Wildman–Crippen LogP) is 2.42. The molecule has 0 amide bonds. The molecule has 0 spiro atoms. The van der Waals surface area contributed by atoms with E-state index in [-0.39, 0.29) is 24.0 Å². The zero-order valence-corrected chi connectivity index (χ0v) is 18.2. The first-order valence-corrected chi connectivity index (χ1v) is 9.16. The van der Waals surface area contributed by atoms with Crippen molar-refractivity contribution in [2.75, 3.05) is 13.1 Å². The van der Waals surface area contributed by atoms with Crippen LogP contribution in [0.5, 0.6) is 0 Å². The standard InChI is InChI=1S/C19H25N7O.HI/c1-2-18-25-24-15-26(18)12-11-22-19(23-14-17-7-5-13-27-17)21-10-8-16-6-3-4-9-20-16;/h3-7,9,13,15H,2,8,10-12,14H2,1H3,(H2,21,22,23);1H. The number of aliphatic imine (C=N–C) groups is 1. The Bertz CT molecular complexity index is 818. The Morgan fingerprint density at radius 1 is 1.18 bits per heavy atom. The molecule has 0 aliphatic heterocycles. The molecule has 0 fully saturated rings. The molecule has 2 N–H and O–H groups in total. The minimum atomic E-state index is 0. The van der Waals surface area contributed by atoms with E-state index < -0.39 is 0 Å². The van der Waals surface area contributed by atoms with E-state index in [4.69, 9.17) is 4.42 Å². The van der Waals surface area contributed by atoms with Gasteiger partial charge in [0.2, 0.25) is 0 Å². The topological polar surface area (TPSA) is 93.2 Å². The summed E-state index contributed by atoms with van der Waals surface area (Å²) in [4.78, 5) is 8.94. The number of rotatable bonds is 9. The molecular formula is C19H26IN7O. The average Bonchev–Trinajstić information content (AvgIpc) is 3.38. The summed E-state index contributed by atoms with van der Waals surface area (Å²) in [5, 5.41) is 14.8. The summed E-state index contributed by atoms with van der Waals surface area (Å²) in [6, 6.07) is 9.72. The summed E-state index contributed by atoms with van der Waals surface area (Å²) >= 11 is 0. The summed E-state index contributed by atoms with van der Waals surface area (Å²) in [5.74, 6) is 2.55. The average molecular weight is 495 g/mol. The van der Waals surface area contributed by atoms with Crippen molar-refractivity contribution in [3.8, 4) is 0 Å². The highest BCUT2D eigenvalue weighted by Gasteiger charge is 2.04. The number of hydrogen-bond acceptors (Lipinski definition) is 5. The second kappa shape index (κ2) is 12.1. The molecular weight excluding hydrogens is 469 g/mol. The molecule has 3 aromatic heterocycles. The van der Waals surface area contributed by atoms with Gasteiger partial charge in [0.15, 0.2) is 5.96 Å². The Kier molecular flexibility index (Phi) is 9.46. The molecule has 8 nitrogen and oxygen atoms in total. The van der Waals surface area contributed by atoms with E-state index in [1.165, 1.54) is 0 Å². The molecule has 0 atom stereocenters. The molecule has 0 saturated heterocycles. The van der Waals surface area contributed by atoms with E-state index in [1.54, 1.807) is 12.6 Å². The van der Waals surface area contributed by atoms with Gasteiger partial charge in [-0.3, -0.25) is 4.98 Å². The van der Waals surface area contributed by atoms with Crippen LogP contribution in [-0.2, 0) is 25.9 Å². The third kappa shape index (κ3) is 6.95. The zero-order valence-electron chi connectivity index (χ0n) is 15.9. The van der Waals surface area contributed by atoms with Gasteiger partial charge in [-0.15, -0.1) is 34.2 Å². The van der Waals surface area contributed by atoms with Gasteiger partial charge >= 0.3 is 0 Å². The van der Waals surface area contributed by atoms with Gasteiger partial charge in [-0.05, 0) is 24.3 Å². The van der Waals surface area contributed by atoms with E-state index in [1.807, 2.05) is 41.1 Å². The van der Waals surface area contributed by atoms with E-state index in [2.05, 4.69) is 37.7 Å². The van der Waals surface area contributed by atoms with Crippen molar-refractivity contribution in [2.24, 2.45) is 4.99 Å². The zero-order chi connectivity index (χ0) is 18.7. The van der Waals surface area contributed by atoms with Gasteiger partial charge < -0.3 is 19.6 Å². The quantitative estimate of drug-likeness (QED) is 0.269. The van der Waals surface area contributed by atoms with Gasteiger partial charge in [0.1, 0.15) is 24.5 Å². The van der Waals surface area contributed by atoms with Gasteiger partial charge in [0.05, 0.1) is 6.26 Å². The van der Waals surface area contributed by atoms with Crippen molar-refractivity contribution in [1.29, 1.82) is 0 Å². The maximum absolute atomic E-state index is 5.36. The van der Waals surface area contributed by atoms with Crippen LogP contribution in [0.4, 0.5) is 0 Å². The number of guanidine groups is 1.